The average molecular weight is 956 g/mol. The molecule has 9 heteroatoms. The number of carbonyl (C=O) groups is 3. The van der Waals surface area contributed by atoms with Crippen LogP contribution in [-0.4, -0.2) is 82.3 Å². The zero-order valence-electron chi connectivity index (χ0n) is 43.6. The van der Waals surface area contributed by atoms with E-state index in [0.29, 0.717) is 23.9 Å². The quantitative estimate of drug-likeness (QED) is 0.0195. The molecule has 0 saturated carbocycles. The van der Waals surface area contributed by atoms with E-state index < -0.39 is 30.3 Å². The lowest BCUT2D eigenvalue weighted by Gasteiger charge is -2.26. The summed E-state index contributed by atoms with van der Waals surface area (Å²) < 4.78 is 22.5. The second-order valence-electron chi connectivity index (χ2n) is 17.7. The van der Waals surface area contributed by atoms with Crippen LogP contribution < -0.4 is 5.11 Å². The largest absolute Gasteiger partial charge is 0.545 e. The molecule has 0 bridgehead atoms. The van der Waals surface area contributed by atoms with Crippen molar-refractivity contribution in [2.75, 3.05) is 47.5 Å². The normalized spacial score (nSPS) is 14.0. The molecule has 0 fully saturated rings. The maximum Gasteiger partial charge on any atom is 0.309 e. The summed E-state index contributed by atoms with van der Waals surface area (Å²) >= 11 is 0. The van der Waals surface area contributed by atoms with Crippen LogP contribution in [0.25, 0.3) is 0 Å². The highest BCUT2D eigenvalue weighted by atomic mass is 16.7. The molecule has 0 aliphatic carbocycles. The van der Waals surface area contributed by atoms with Crippen LogP contribution in [0.5, 0.6) is 0 Å². The molecule has 0 radical (unpaired) electrons. The van der Waals surface area contributed by atoms with Crippen LogP contribution in [0.1, 0.15) is 155 Å². The number of nitrogens with zero attached hydrogens (tertiary/aromatic N) is 1. The Bertz CT molecular complexity index is 1630. The molecule has 0 amide bonds. The maximum atomic E-state index is 12.8. The Morgan fingerprint density at radius 3 is 1.23 bits per heavy atom. The van der Waals surface area contributed by atoms with Crippen molar-refractivity contribution in [2.45, 2.75) is 167 Å². The molecule has 0 aromatic heterocycles. The van der Waals surface area contributed by atoms with Gasteiger partial charge >= 0.3 is 11.9 Å². The number of carbonyl (C=O) groups excluding carboxylic acids is 3. The predicted octanol–water partition coefficient (Wildman–Crippen LogP) is 13.6. The summed E-state index contributed by atoms with van der Waals surface area (Å²) in [6.07, 6.45) is 69.2. The number of hydrogen-bond donors (Lipinski definition) is 0. The number of hydrogen-bond acceptors (Lipinski definition) is 8. The molecular formula is C60H93NO8. The van der Waals surface area contributed by atoms with Crippen LogP contribution >= 0.6 is 0 Å². The summed E-state index contributed by atoms with van der Waals surface area (Å²) in [5, 5.41) is 11.7. The SMILES string of the molecule is CC/C=C\C/C=C\C/C=C\C/C=C\C/C=C\C/C=C\C/C=C\CCCCCCCCCC(=O)OC(COC(=O)C/C=C\C/C=C\C/C=C\C/C=C\C/C=C\CC)COC(OCC[N+](C)(C)C)C(=O)[O-]. The predicted molar refractivity (Wildman–Crippen MR) is 287 cm³/mol. The molecule has 0 heterocycles. The maximum absolute atomic E-state index is 12.8. The van der Waals surface area contributed by atoms with Gasteiger partial charge in [-0.15, -0.1) is 0 Å². The fourth-order valence-corrected chi connectivity index (χ4v) is 6.17. The number of allylic oxidation sites excluding steroid dienone is 23. The van der Waals surface area contributed by atoms with E-state index in [1.807, 2.05) is 33.3 Å². The van der Waals surface area contributed by atoms with E-state index in [9.17, 15) is 19.5 Å². The van der Waals surface area contributed by atoms with Gasteiger partial charge in [-0.3, -0.25) is 9.59 Å². The van der Waals surface area contributed by atoms with E-state index in [1.54, 1.807) is 6.08 Å². The Morgan fingerprint density at radius 2 is 0.826 bits per heavy atom. The van der Waals surface area contributed by atoms with Gasteiger partial charge < -0.3 is 33.3 Å². The van der Waals surface area contributed by atoms with E-state index in [2.05, 4.69) is 141 Å². The summed E-state index contributed by atoms with van der Waals surface area (Å²) in [7, 11) is 5.87. The monoisotopic (exact) mass is 956 g/mol. The Balaban J connectivity index is 4.43. The van der Waals surface area contributed by atoms with Crippen LogP contribution in [-0.2, 0) is 33.3 Å². The van der Waals surface area contributed by atoms with Gasteiger partial charge in [0.25, 0.3) is 0 Å². The molecule has 0 spiro atoms. The number of quaternary nitrogens is 1. The smallest absolute Gasteiger partial charge is 0.309 e. The first-order valence-corrected chi connectivity index (χ1v) is 26.0. The van der Waals surface area contributed by atoms with Gasteiger partial charge in [-0.25, -0.2) is 0 Å². The number of aliphatic carboxylic acids is 1. The first-order chi connectivity index (χ1) is 33.6. The lowest BCUT2D eigenvalue weighted by Crippen LogP contribution is -2.44. The molecule has 0 aromatic carbocycles. The van der Waals surface area contributed by atoms with Crippen molar-refractivity contribution in [2.24, 2.45) is 0 Å². The molecule has 0 aromatic rings. The minimum absolute atomic E-state index is 0.0483. The first-order valence-electron chi connectivity index (χ1n) is 26.0. The van der Waals surface area contributed by atoms with E-state index in [4.69, 9.17) is 18.9 Å². The zero-order chi connectivity index (χ0) is 50.6. The van der Waals surface area contributed by atoms with E-state index >= 15 is 0 Å². The second-order valence-corrected chi connectivity index (χ2v) is 17.7. The van der Waals surface area contributed by atoms with E-state index in [-0.39, 0.29) is 32.7 Å². The average Bonchev–Trinajstić information content (AvgIpc) is 3.31. The fourth-order valence-electron chi connectivity index (χ4n) is 6.17. The molecule has 9 nitrogen and oxygen atoms in total. The molecule has 0 rings (SSSR count). The highest BCUT2D eigenvalue weighted by molar-refractivity contribution is 5.71. The van der Waals surface area contributed by atoms with E-state index in [1.165, 1.54) is 12.8 Å². The summed E-state index contributed by atoms with van der Waals surface area (Å²) in [4.78, 5) is 37.1. The van der Waals surface area contributed by atoms with Gasteiger partial charge in [0.1, 0.15) is 13.2 Å². The van der Waals surface area contributed by atoms with E-state index in [0.717, 1.165) is 103 Å². The molecule has 69 heavy (non-hydrogen) atoms. The van der Waals surface area contributed by atoms with Crippen molar-refractivity contribution in [3.05, 3.63) is 146 Å². The van der Waals surface area contributed by atoms with Gasteiger partial charge in [0.05, 0.1) is 46.7 Å². The second kappa shape index (κ2) is 49.6. The topological polar surface area (TPSA) is 111 Å². The summed E-state index contributed by atoms with van der Waals surface area (Å²) in [5.41, 5.74) is 0. The van der Waals surface area contributed by atoms with Crippen molar-refractivity contribution in [1.29, 1.82) is 0 Å². The number of ether oxygens (including phenoxy) is 4. The molecule has 0 aliphatic heterocycles. The van der Waals surface area contributed by atoms with Gasteiger partial charge in [-0.1, -0.05) is 192 Å². The van der Waals surface area contributed by atoms with Crippen LogP contribution in [0.15, 0.2) is 146 Å². The van der Waals surface area contributed by atoms with Crippen LogP contribution in [0.2, 0.25) is 0 Å². The Morgan fingerprint density at radius 1 is 0.449 bits per heavy atom. The zero-order valence-corrected chi connectivity index (χ0v) is 43.6. The minimum Gasteiger partial charge on any atom is -0.545 e. The molecule has 0 N–H and O–H groups in total. The van der Waals surface area contributed by atoms with Gasteiger partial charge in [0.15, 0.2) is 12.4 Å². The Labute approximate surface area is 420 Å². The lowest BCUT2D eigenvalue weighted by molar-refractivity contribution is -0.870. The molecular weight excluding hydrogens is 863 g/mol. The lowest BCUT2D eigenvalue weighted by atomic mass is 10.1. The van der Waals surface area contributed by atoms with Crippen molar-refractivity contribution >= 4 is 17.9 Å². The van der Waals surface area contributed by atoms with Crippen molar-refractivity contribution in [1.82, 2.24) is 0 Å². The van der Waals surface area contributed by atoms with Crippen LogP contribution in [0.3, 0.4) is 0 Å². The van der Waals surface area contributed by atoms with Crippen LogP contribution in [0.4, 0.5) is 0 Å². The van der Waals surface area contributed by atoms with Crippen molar-refractivity contribution in [3.8, 4) is 0 Å². The summed E-state index contributed by atoms with van der Waals surface area (Å²) in [6.45, 7) is 4.35. The standard InChI is InChI=1S/C60H93NO8/c1-6-8-10-12-14-16-18-20-22-23-24-25-26-27-28-29-30-31-32-33-34-35-37-39-41-43-45-47-49-51-58(63)69-56(55-68-60(59(64)65)66-53-52-61(3,4)5)54-67-57(62)50-48-46-44-42-40-38-36-21-19-17-15-13-11-9-7-2/h8-11,14-17,20-22,24-25,27-28,30-31,33-34,36,40,42,46,48,56,60H,6-7,12-13,18-19,23,26,29,32,35,37-39,41,43-45,47,49-55H2,1-5H3/b10-8-,11-9-,16-14-,17-15-,22-20-,25-24-,28-27-,31-30-,34-33-,36-21-,42-40-,48-46-. The summed E-state index contributed by atoms with van der Waals surface area (Å²) in [5.74, 6) is -2.49. The third-order valence-corrected chi connectivity index (χ3v) is 10.1. The third kappa shape index (κ3) is 50.9. The Kier molecular flexibility index (Phi) is 46.1. The first kappa shape index (κ1) is 64.2. The molecule has 2 unspecified atom stereocenters. The number of unbranched alkanes of at least 4 members (excludes halogenated alkanes) is 7. The highest BCUT2D eigenvalue weighted by Gasteiger charge is 2.21. The summed E-state index contributed by atoms with van der Waals surface area (Å²) in [6, 6.07) is 0. The van der Waals surface area contributed by atoms with Crippen LogP contribution in [0, 0.1) is 0 Å². The third-order valence-electron chi connectivity index (χ3n) is 10.1. The van der Waals surface area contributed by atoms with Crippen molar-refractivity contribution < 1.29 is 42.9 Å². The van der Waals surface area contributed by atoms with Gasteiger partial charge in [-0.2, -0.15) is 0 Å². The fraction of sp³-hybridized carbons (Fsp3) is 0.550. The number of esters is 2. The van der Waals surface area contributed by atoms with Gasteiger partial charge in [0.2, 0.25) is 0 Å². The van der Waals surface area contributed by atoms with Gasteiger partial charge in [-0.05, 0) is 96.3 Å². The minimum atomic E-state index is -1.65. The van der Waals surface area contributed by atoms with Gasteiger partial charge in [0, 0.05) is 6.42 Å². The number of carboxylic acids is 1. The highest BCUT2D eigenvalue weighted by Crippen LogP contribution is 2.12. The molecule has 0 aliphatic rings. The molecule has 386 valence electrons. The number of carboxylic acid groups (broad SMARTS) is 1. The molecule has 0 saturated heterocycles. The number of rotatable bonds is 45. The number of likely N-dealkylation sites (N-methyl/N-ethyl adjacent to an activating group) is 1. The Hall–Kier alpha value is -4.83. The van der Waals surface area contributed by atoms with Crippen molar-refractivity contribution in [3.63, 3.8) is 0 Å². The molecule has 2 atom stereocenters.